The van der Waals surface area contributed by atoms with E-state index in [1.165, 1.54) is 22.3 Å². The van der Waals surface area contributed by atoms with Crippen molar-refractivity contribution in [3.05, 3.63) is 145 Å². The predicted octanol–water partition coefficient (Wildman–Crippen LogP) is 6.40. The number of esters is 2. The predicted molar refractivity (Wildman–Crippen MR) is 244 cm³/mol. The molecule has 350 valence electrons. The van der Waals surface area contributed by atoms with E-state index in [0.29, 0.717) is 119 Å². The Morgan fingerprint density at radius 2 is 0.646 bits per heavy atom. The van der Waals surface area contributed by atoms with E-state index in [-0.39, 0.29) is 13.2 Å². The van der Waals surface area contributed by atoms with Crippen molar-refractivity contribution in [2.24, 2.45) is 0 Å². The summed E-state index contributed by atoms with van der Waals surface area (Å²) in [5, 5.41) is 0. The highest BCUT2D eigenvalue weighted by Crippen LogP contribution is 2.56. The summed E-state index contributed by atoms with van der Waals surface area (Å²) in [5.41, 5.74) is 6.57. The minimum Gasteiger partial charge on any atom is -0.491 e. The average Bonchev–Trinajstić information content (AvgIpc) is 3.64. The second kappa shape index (κ2) is 29.9. The van der Waals surface area contributed by atoms with E-state index in [0.717, 1.165) is 34.8 Å². The third-order valence-electron chi connectivity index (χ3n) is 10.0. The van der Waals surface area contributed by atoms with Crippen molar-refractivity contribution in [1.82, 2.24) is 0 Å². The summed E-state index contributed by atoms with van der Waals surface area (Å²) in [5.74, 6) is 0.585. The Morgan fingerprint density at radius 3 is 0.954 bits per heavy atom. The Labute approximate surface area is 382 Å². The van der Waals surface area contributed by atoms with Crippen molar-refractivity contribution in [2.75, 3.05) is 132 Å². The van der Waals surface area contributed by atoms with Crippen molar-refractivity contribution in [2.45, 2.75) is 5.41 Å². The molecule has 0 bridgehead atoms. The molecule has 0 N–H and O–H groups in total. The molecule has 5 rings (SSSR count). The van der Waals surface area contributed by atoms with Gasteiger partial charge in [-0.3, -0.25) is 0 Å². The van der Waals surface area contributed by atoms with Crippen molar-refractivity contribution < 1.29 is 66.4 Å². The van der Waals surface area contributed by atoms with Gasteiger partial charge in [0.15, 0.2) is 0 Å². The average molecular weight is 899 g/mol. The van der Waals surface area contributed by atoms with Gasteiger partial charge in [-0.15, -0.1) is 0 Å². The molecule has 0 fully saturated rings. The zero-order chi connectivity index (χ0) is 45.6. The molecule has 0 atom stereocenters. The molecule has 1 aliphatic carbocycles. The van der Waals surface area contributed by atoms with Crippen LogP contribution in [-0.4, -0.2) is 144 Å². The first kappa shape index (κ1) is 50.6. The highest BCUT2D eigenvalue weighted by molar-refractivity contribution is 5.86. The lowest BCUT2D eigenvalue weighted by Crippen LogP contribution is -2.28. The fourth-order valence-electron chi connectivity index (χ4n) is 7.11. The third-order valence-corrected chi connectivity index (χ3v) is 10.0. The third kappa shape index (κ3) is 16.5. The van der Waals surface area contributed by atoms with Crippen molar-refractivity contribution >= 4 is 11.9 Å². The normalized spacial score (nSPS) is 12.2. The van der Waals surface area contributed by atoms with Crippen LogP contribution in [0.3, 0.4) is 0 Å². The van der Waals surface area contributed by atoms with Crippen molar-refractivity contribution in [3.63, 3.8) is 0 Å². The maximum absolute atomic E-state index is 11.0. The van der Waals surface area contributed by atoms with Crippen LogP contribution in [0.5, 0.6) is 11.5 Å². The number of rotatable bonds is 36. The fraction of sp³-hybridized carbons (Fsp3) is 0.412. The lowest BCUT2D eigenvalue weighted by molar-refractivity contribution is -0.140. The number of carbonyl (C=O) groups excluding carboxylic acids is 2. The lowest BCUT2D eigenvalue weighted by atomic mass is 9.68. The minimum absolute atomic E-state index is 0.184. The maximum atomic E-state index is 11.0. The van der Waals surface area contributed by atoms with Crippen LogP contribution >= 0.6 is 0 Å². The second-order valence-corrected chi connectivity index (χ2v) is 14.2. The standard InChI is InChI=1S/C51H62O14/c1-3-49(52)64-39-35-60-31-27-56-23-21-54-25-29-58-33-37-62-43-17-13-41(14-18-43)51(47-11-7-5-9-45(47)46-10-6-8-12-48(46)51)42-15-19-44(20-16-42)63-38-34-59-30-26-55-22-24-57-28-32-61-36-40-65-50(53)4-2/h3-20H,1-2,21-40H2. The molecule has 0 spiro atoms. The van der Waals surface area contributed by atoms with Gasteiger partial charge in [0, 0.05) is 12.2 Å². The molecule has 0 aliphatic heterocycles. The summed E-state index contributed by atoms with van der Waals surface area (Å²) in [6.45, 7) is 14.6. The van der Waals surface area contributed by atoms with Gasteiger partial charge in [-0.1, -0.05) is 86.0 Å². The van der Waals surface area contributed by atoms with E-state index in [1.807, 2.05) is 24.3 Å². The van der Waals surface area contributed by atoms with Crippen molar-refractivity contribution in [1.29, 1.82) is 0 Å². The summed E-state index contributed by atoms with van der Waals surface area (Å²) in [4.78, 5) is 22.0. The molecule has 0 amide bonds. The molecule has 0 saturated carbocycles. The summed E-state index contributed by atoms with van der Waals surface area (Å²) >= 11 is 0. The molecule has 65 heavy (non-hydrogen) atoms. The first-order valence-electron chi connectivity index (χ1n) is 21.9. The Bertz CT molecular complexity index is 1840. The molecular formula is C51H62O14. The van der Waals surface area contributed by atoms with Gasteiger partial charge in [0.2, 0.25) is 0 Å². The smallest absolute Gasteiger partial charge is 0.330 e. The van der Waals surface area contributed by atoms with Gasteiger partial charge in [-0.05, 0) is 57.6 Å². The number of fused-ring (bicyclic) bond motifs is 3. The van der Waals surface area contributed by atoms with Gasteiger partial charge in [0.1, 0.15) is 37.9 Å². The van der Waals surface area contributed by atoms with Crippen LogP contribution in [0.15, 0.2) is 122 Å². The Hall–Kier alpha value is -5.42. The maximum Gasteiger partial charge on any atom is 0.330 e. The van der Waals surface area contributed by atoms with Gasteiger partial charge >= 0.3 is 11.9 Å². The molecular weight excluding hydrogens is 837 g/mol. The van der Waals surface area contributed by atoms with Crippen LogP contribution in [0.1, 0.15) is 22.3 Å². The van der Waals surface area contributed by atoms with Crippen molar-refractivity contribution in [3.8, 4) is 22.6 Å². The van der Waals surface area contributed by atoms with Crippen LogP contribution in [0.4, 0.5) is 0 Å². The summed E-state index contributed by atoms with van der Waals surface area (Å²) in [7, 11) is 0. The van der Waals surface area contributed by atoms with Gasteiger partial charge in [-0.2, -0.15) is 0 Å². The summed E-state index contributed by atoms with van der Waals surface area (Å²) in [6, 6.07) is 34.0. The molecule has 4 aromatic rings. The molecule has 14 heteroatoms. The van der Waals surface area contributed by atoms with E-state index < -0.39 is 17.4 Å². The second-order valence-electron chi connectivity index (χ2n) is 14.2. The molecule has 0 saturated heterocycles. The Kier molecular flexibility index (Phi) is 23.3. The van der Waals surface area contributed by atoms with Crippen LogP contribution in [-0.2, 0) is 62.4 Å². The minimum atomic E-state index is -0.555. The topological polar surface area (TPSA) is 145 Å². The highest BCUT2D eigenvalue weighted by atomic mass is 16.6. The van der Waals surface area contributed by atoms with Gasteiger partial charge < -0.3 is 56.8 Å². The van der Waals surface area contributed by atoms with E-state index >= 15 is 0 Å². The van der Waals surface area contributed by atoms with E-state index in [2.05, 4.69) is 86.0 Å². The molecule has 1 aliphatic rings. The highest BCUT2D eigenvalue weighted by Gasteiger charge is 2.45. The zero-order valence-corrected chi connectivity index (χ0v) is 37.2. The monoisotopic (exact) mass is 898 g/mol. The number of hydrogen-bond donors (Lipinski definition) is 0. The van der Waals surface area contributed by atoms with E-state index in [9.17, 15) is 9.59 Å². The first-order valence-corrected chi connectivity index (χ1v) is 21.9. The molecule has 14 nitrogen and oxygen atoms in total. The number of ether oxygens (including phenoxy) is 12. The lowest BCUT2D eigenvalue weighted by Gasteiger charge is -2.34. The number of hydrogen-bond acceptors (Lipinski definition) is 14. The van der Waals surface area contributed by atoms with Crippen LogP contribution in [0, 0.1) is 0 Å². The largest absolute Gasteiger partial charge is 0.491 e. The first-order chi connectivity index (χ1) is 32.1. The number of carbonyl (C=O) groups is 2. The van der Waals surface area contributed by atoms with Gasteiger partial charge in [0.25, 0.3) is 0 Å². The summed E-state index contributed by atoms with van der Waals surface area (Å²) in [6.07, 6.45) is 2.23. The Balaban J connectivity index is 1.01. The quantitative estimate of drug-likeness (QED) is 0.0249. The molecule has 0 unspecified atom stereocenters. The van der Waals surface area contributed by atoms with Crippen LogP contribution in [0.25, 0.3) is 11.1 Å². The molecule has 0 heterocycles. The van der Waals surface area contributed by atoms with Gasteiger partial charge in [0.05, 0.1) is 111 Å². The Morgan fingerprint density at radius 1 is 0.369 bits per heavy atom. The fourth-order valence-corrected chi connectivity index (χ4v) is 7.11. The van der Waals surface area contributed by atoms with E-state index in [1.54, 1.807) is 0 Å². The zero-order valence-electron chi connectivity index (χ0n) is 37.2. The molecule has 4 aromatic carbocycles. The van der Waals surface area contributed by atoms with Crippen LogP contribution in [0.2, 0.25) is 0 Å². The molecule has 0 aromatic heterocycles. The van der Waals surface area contributed by atoms with E-state index in [4.69, 9.17) is 56.8 Å². The van der Waals surface area contributed by atoms with Gasteiger partial charge in [-0.25, -0.2) is 9.59 Å². The number of benzene rings is 4. The molecule has 0 radical (unpaired) electrons. The summed E-state index contributed by atoms with van der Waals surface area (Å²) < 4.78 is 66.0. The SMILES string of the molecule is C=CC(=O)OCCOCCOCCOCCOCCOc1ccc(C2(c3ccc(OCCOCCOCCOCCOCCOC(=O)C=C)cc3)c3ccccc3-c3ccccc32)cc1. The van der Waals surface area contributed by atoms with Crippen LogP contribution < -0.4 is 9.47 Å².